The average molecular weight is 167 g/mol. The molecule has 0 aliphatic heterocycles. The molecule has 0 radical (unpaired) electrons. The van der Waals surface area contributed by atoms with Crippen LogP contribution >= 0.6 is 0 Å². The van der Waals surface area contributed by atoms with Gasteiger partial charge in [0.15, 0.2) is 0 Å². The Balaban J connectivity index is 2.85. The lowest BCUT2D eigenvalue weighted by molar-refractivity contribution is 0.282. The fourth-order valence-electron chi connectivity index (χ4n) is 1.05. The SMILES string of the molecule is Cc1ccc([C@@H](N)C(C)(C)C)o1. The summed E-state index contributed by atoms with van der Waals surface area (Å²) in [5.41, 5.74) is 6.05. The Morgan fingerprint density at radius 3 is 2.25 bits per heavy atom. The van der Waals surface area contributed by atoms with E-state index >= 15 is 0 Å². The highest BCUT2D eigenvalue weighted by molar-refractivity contribution is 5.11. The van der Waals surface area contributed by atoms with Crippen LogP contribution in [0.2, 0.25) is 0 Å². The fourth-order valence-corrected chi connectivity index (χ4v) is 1.05. The molecule has 0 amide bonds. The van der Waals surface area contributed by atoms with Crippen LogP contribution in [-0.2, 0) is 0 Å². The topological polar surface area (TPSA) is 39.2 Å². The molecule has 2 heteroatoms. The second kappa shape index (κ2) is 2.94. The molecule has 1 aromatic heterocycles. The summed E-state index contributed by atoms with van der Waals surface area (Å²) in [5, 5.41) is 0. The molecule has 68 valence electrons. The van der Waals surface area contributed by atoms with E-state index in [-0.39, 0.29) is 11.5 Å². The van der Waals surface area contributed by atoms with Crippen LogP contribution in [0.5, 0.6) is 0 Å². The van der Waals surface area contributed by atoms with Gasteiger partial charge in [0.05, 0.1) is 6.04 Å². The minimum absolute atomic E-state index is 0.0220. The molecule has 0 unspecified atom stereocenters. The van der Waals surface area contributed by atoms with Crippen molar-refractivity contribution in [3.63, 3.8) is 0 Å². The quantitative estimate of drug-likeness (QED) is 0.698. The van der Waals surface area contributed by atoms with E-state index in [2.05, 4.69) is 20.8 Å². The summed E-state index contributed by atoms with van der Waals surface area (Å²) in [6, 6.07) is 3.87. The Morgan fingerprint density at radius 1 is 1.33 bits per heavy atom. The molecule has 0 fully saturated rings. The zero-order valence-corrected chi connectivity index (χ0v) is 8.22. The summed E-state index contributed by atoms with van der Waals surface area (Å²) in [6.07, 6.45) is 0. The summed E-state index contributed by atoms with van der Waals surface area (Å²) >= 11 is 0. The maximum Gasteiger partial charge on any atom is 0.121 e. The number of hydrogen-bond acceptors (Lipinski definition) is 2. The second-order valence-electron chi connectivity index (χ2n) is 4.29. The van der Waals surface area contributed by atoms with E-state index < -0.39 is 0 Å². The smallest absolute Gasteiger partial charge is 0.121 e. The third-order valence-electron chi connectivity index (χ3n) is 2.00. The predicted octanol–water partition coefficient (Wildman–Crippen LogP) is 2.63. The summed E-state index contributed by atoms with van der Waals surface area (Å²) in [4.78, 5) is 0. The van der Waals surface area contributed by atoms with Gasteiger partial charge in [-0.15, -0.1) is 0 Å². The van der Waals surface area contributed by atoms with E-state index in [4.69, 9.17) is 10.2 Å². The number of rotatable bonds is 1. The van der Waals surface area contributed by atoms with Crippen molar-refractivity contribution in [1.82, 2.24) is 0 Å². The molecule has 0 bridgehead atoms. The molecule has 2 N–H and O–H groups in total. The molecule has 0 aromatic carbocycles. The van der Waals surface area contributed by atoms with E-state index in [1.165, 1.54) is 0 Å². The van der Waals surface area contributed by atoms with Crippen molar-refractivity contribution in [2.24, 2.45) is 11.1 Å². The van der Waals surface area contributed by atoms with Crippen molar-refractivity contribution in [1.29, 1.82) is 0 Å². The monoisotopic (exact) mass is 167 g/mol. The normalized spacial score (nSPS) is 14.8. The van der Waals surface area contributed by atoms with Gasteiger partial charge in [0, 0.05) is 0 Å². The standard InChI is InChI=1S/C10H17NO/c1-7-5-6-8(12-7)9(11)10(2,3)4/h5-6,9H,11H2,1-4H3/t9-/m1/s1. The Morgan fingerprint density at radius 2 is 1.92 bits per heavy atom. The highest BCUT2D eigenvalue weighted by atomic mass is 16.3. The lowest BCUT2D eigenvalue weighted by atomic mass is 9.86. The predicted molar refractivity (Wildman–Crippen MR) is 49.8 cm³/mol. The molecule has 0 saturated heterocycles. The third kappa shape index (κ3) is 1.89. The zero-order chi connectivity index (χ0) is 9.35. The number of hydrogen-bond donors (Lipinski definition) is 1. The molecule has 2 nitrogen and oxygen atoms in total. The van der Waals surface area contributed by atoms with Crippen LogP contribution in [0, 0.1) is 12.3 Å². The Hall–Kier alpha value is -0.760. The molecule has 0 aliphatic rings. The van der Waals surface area contributed by atoms with Gasteiger partial charge in [-0.3, -0.25) is 0 Å². The molecule has 1 atom stereocenters. The first-order valence-electron chi connectivity index (χ1n) is 4.23. The van der Waals surface area contributed by atoms with Crippen LogP contribution in [-0.4, -0.2) is 0 Å². The molecular weight excluding hydrogens is 150 g/mol. The van der Waals surface area contributed by atoms with Gasteiger partial charge in [-0.1, -0.05) is 20.8 Å². The Bertz CT molecular complexity index is 257. The van der Waals surface area contributed by atoms with Crippen molar-refractivity contribution in [3.05, 3.63) is 23.7 Å². The van der Waals surface area contributed by atoms with Gasteiger partial charge < -0.3 is 10.2 Å². The van der Waals surface area contributed by atoms with Crippen molar-refractivity contribution in [2.45, 2.75) is 33.7 Å². The van der Waals surface area contributed by atoms with E-state index in [1.54, 1.807) is 0 Å². The second-order valence-corrected chi connectivity index (χ2v) is 4.29. The molecule has 12 heavy (non-hydrogen) atoms. The third-order valence-corrected chi connectivity index (χ3v) is 2.00. The maximum absolute atomic E-state index is 5.99. The van der Waals surface area contributed by atoms with Gasteiger partial charge in [0.1, 0.15) is 11.5 Å². The molecule has 0 spiro atoms. The highest BCUT2D eigenvalue weighted by Gasteiger charge is 2.24. The minimum atomic E-state index is -0.0220. The minimum Gasteiger partial charge on any atom is -0.465 e. The largest absolute Gasteiger partial charge is 0.465 e. The number of furan rings is 1. The van der Waals surface area contributed by atoms with Crippen LogP contribution in [0.15, 0.2) is 16.5 Å². The van der Waals surface area contributed by atoms with E-state index in [0.29, 0.717) is 0 Å². The highest BCUT2D eigenvalue weighted by Crippen LogP contribution is 2.30. The first kappa shape index (κ1) is 9.33. The average Bonchev–Trinajstić information content (AvgIpc) is 2.32. The first-order chi connectivity index (χ1) is 5.41. The van der Waals surface area contributed by atoms with Crippen LogP contribution in [0.1, 0.15) is 38.3 Å². The van der Waals surface area contributed by atoms with Gasteiger partial charge in [0.2, 0.25) is 0 Å². The molecule has 1 heterocycles. The lowest BCUT2D eigenvalue weighted by Crippen LogP contribution is -2.25. The van der Waals surface area contributed by atoms with Crippen molar-refractivity contribution in [2.75, 3.05) is 0 Å². The van der Waals surface area contributed by atoms with Gasteiger partial charge in [-0.25, -0.2) is 0 Å². The van der Waals surface area contributed by atoms with E-state index in [9.17, 15) is 0 Å². The van der Waals surface area contributed by atoms with Crippen LogP contribution in [0.25, 0.3) is 0 Å². The summed E-state index contributed by atoms with van der Waals surface area (Å²) in [7, 11) is 0. The fraction of sp³-hybridized carbons (Fsp3) is 0.600. The first-order valence-corrected chi connectivity index (χ1v) is 4.23. The Labute approximate surface area is 73.8 Å². The van der Waals surface area contributed by atoms with E-state index in [0.717, 1.165) is 11.5 Å². The maximum atomic E-state index is 5.99. The van der Waals surface area contributed by atoms with Gasteiger partial charge in [-0.05, 0) is 24.5 Å². The van der Waals surface area contributed by atoms with Crippen LogP contribution in [0.4, 0.5) is 0 Å². The molecular formula is C10H17NO. The zero-order valence-electron chi connectivity index (χ0n) is 8.22. The summed E-state index contributed by atoms with van der Waals surface area (Å²) < 4.78 is 5.45. The number of nitrogens with two attached hydrogens (primary N) is 1. The van der Waals surface area contributed by atoms with Crippen molar-refractivity contribution < 1.29 is 4.42 Å². The van der Waals surface area contributed by atoms with Crippen molar-refractivity contribution >= 4 is 0 Å². The Kier molecular flexibility index (Phi) is 2.29. The molecule has 1 aromatic rings. The van der Waals surface area contributed by atoms with Crippen molar-refractivity contribution in [3.8, 4) is 0 Å². The van der Waals surface area contributed by atoms with Gasteiger partial charge in [0.25, 0.3) is 0 Å². The molecule has 0 aliphatic carbocycles. The van der Waals surface area contributed by atoms with Gasteiger partial charge >= 0.3 is 0 Å². The van der Waals surface area contributed by atoms with Crippen LogP contribution < -0.4 is 5.73 Å². The molecule has 1 rings (SSSR count). The lowest BCUT2D eigenvalue weighted by Gasteiger charge is -2.24. The van der Waals surface area contributed by atoms with Gasteiger partial charge in [-0.2, -0.15) is 0 Å². The van der Waals surface area contributed by atoms with Crippen LogP contribution in [0.3, 0.4) is 0 Å². The number of aryl methyl sites for hydroxylation is 1. The summed E-state index contributed by atoms with van der Waals surface area (Å²) in [5.74, 6) is 1.80. The molecule has 0 saturated carbocycles. The summed E-state index contributed by atoms with van der Waals surface area (Å²) in [6.45, 7) is 8.25. The van der Waals surface area contributed by atoms with E-state index in [1.807, 2.05) is 19.1 Å².